The van der Waals surface area contributed by atoms with E-state index in [0.29, 0.717) is 22.7 Å². The maximum absolute atomic E-state index is 6.35. The van der Waals surface area contributed by atoms with Crippen molar-refractivity contribution >= 4 is 11.6 Å². The van der Waals surface area contributed by atoms with Crippen molar-refractivity contribution in [3.8, 4) is 17.1 Å². The molecule has 1 aromatic heterocycles. The average Bonchev–Trinajstić information content (AvgIpc) is 3.13. The number of halogens is 1. The van der Waals surface area contributed by atoms with Gasteiger partial charge in [-0.25, -0.2) is 0 Å². The molecule has 0 unspecified atom stereocenters. The first-order valence-corrected chi connectivity index (χ1v) is 6.51. The van der Waals surface area contributed by atoms with E-state index in [1.807, 2.05) is 12.1 Å². The number of aromatic nitrogens is 2. The maximum Gasteiger partial charge on any atom is 0.240 e. The molecule has 1 aliphatic rings. The van der Waals surface area contributed by atoms with Crippen LogP contribution >= 0.6 is 11.6 Å². The lowest BCUT2D eigenvalue weighted by Gasteiger charge is -2.11. The smallest absolute Gasteiger partial charge is 0.240 e. The molecule has 0 aliphatic heterocycles. The van der Waals surface area contributed by atoms with Crippen molar-refractivity contribution in [1.29, 1.82) is 0 Å². The molecule has 3 rings (SSSR count). The summed E-state index contributed by atoms with van der Waals surface area (Å²) in [6.45, 7) is 0.220. The second-order valence-corrected chi connectivity index (χ2v) is 4.97. The van der Waals surface area contributed by atoms with Gasteiger partial charge in [-0.1, -0.05) is 16.8 Å². The lowest BCUT2D eigenvalue weighted by molar-refractivity contribution is 0.380. The number of hydrogen-bond acceptors (Lipinski definition) is 5. The van der Waals surface area contributed by atoms with Gasteiger partial charge in [0.15, 0.2) is 0 Å². The molecule has 0 saturated heterocycles. The van der Waals surface area contributed by atoms with E-state index >= 15 is 0 Å². The zero-order valence-corrected chi connectivity index (χ0v) is 11.3. The summed E-state index contributed by atoms with van der Waals surface area (Å²) in [5, 5.41) is 4.57. The summed E-state index contributed by atoms with van der Waals surface area (Å²) in [6.07, 6.45) is 2.32. The topological polar surface area (TPSA) is 74.2 Å². The predicted molar refractivity (Wildman–Crippen MR) is 71.2 cm³/mol. The number of methoxy groups -OCH3 is 1. The molecule has 19 heavy (non-hydrogen) atoms. The molecule has 1 aliphatic carbocycles. The van der Waals surface area contributed by atoms with Gasteiger partial charge in [0.1, 0.15) is 5.75 Å². The Hall–Kier alpha value is -1.59. The SMILES string of the molecule is COc1cc(-c2noc(CN)n2)cc(Cl)c1C1CC1. The number of nitrogens with zero attached hydrogens (tertiary/aromatic N) is 2. The molecule has 0 atom stereocenters. The summed E-state index contributed by atoms with van der Waals surface area (Å²) in [7, 11) is 1.64. The van der Waals surface area contributed by atoms with Gasteiger partial charge >= 0.3 is 0 Å². The fourth-order valence-electron chi connectivity index (χ4n) is 2.11. The molecule has 2 aromatic rings. The van der Waals surface area contributed by atoms with Crippen LogP contribution < -0.4 is 10.5 Å². The highest BCUT2D eigenvalue weighted by Crippen LogP contribution is 2.48. The van der Waals surface area contributed by atoms with Crippen molar-refractivity contribution in [3.63, 3.8) is 0 Å². The third-order valence-corrected chi connectivity index (χ3v) is 3.51. The summed E-state index contributed by atoms with van der Waals surface area (Å²) >= 11 is 6.35. The molecule has 0 spiro atoms. The Kier molecular flexibility index (Phi) is 3.16. The van der Waals surface area contributed by atoms with Crippen LogP contribution in [-0.4, -0.2) is 17.3 Å². The monoisotopic (exact) mass is 279 g/mol. The summed E-state index contributed by atoms with van der Waals surface area (Å²) in [6, 6.07) is 3.74. The molecule has 2 N–H and O–H groups in total. The van der Waals surface area contributed by atoms with E-state index in [9.17, 15) is 0 Å². The van der Waals surface area contributed by atoms with Crippen LogP contribution in [0, 0.1) is 0 Å². The van der Waals surface area contributed by atoms with E-state index < -0.39 is 0 Å². The Morgan fingerprint density at radius 1 is 1.47 bits per heavy atom. The molecule has 0 amide bonds. The second-order valence-electron chi connectivity index (χ2n) is 4.56. The molecule has 1 saturated carbocycles. The van der Waals surface area contributed by atoms with Gasteiger partial charge < -0.3 is 15.0 Å². The molecule has 100 valence electrons. The molecule has 6 heteroatoms. The number of nitrogens with two attached hydrogens (primary N) is 1. The third kappa shape index (κ3) is 2.31. The Bertz CT molecular complexity index is 608. The van der Waals surface area contributed by atoms with Gasteiger partial charge in [-0.05, 0) is 30.9 Å². The van der Waals surface area contributed by atoms with Gasteiger partial charge in [-0.15, -0.1) is 0 Å². The van der Waals surface area contributed by atoms with E-state index in [0.717, 1.165) is 29.7 Å². The fraction of sp³-hybridized carbons (Fsp3) is 0.385. The summed E-state index contributed by atoms with van der Waals surface area (Å²) in [5.74, 6) is 2.17. The van der Waals surface area contributed by atoms with Crippen molar-refractivity contribution in [3.05, 3.63) is 28.6 Å². The van der Waals surface area contributed by atoms with E-state index in [4.69, 9.17) is 26.6 Å². The molecular weight excluding hydrogens is 266 g/mol. The fourth-order valence-corrected chi connectivity index (χ4v) is 2.48. The number of benzene rings is 1. The van der Waals surface area contributed by atoms with Gasteiger partial charge in [0.25, 0.3) is 0 Å². The molecule has 0 bridgehead atoms. The molecule has 5 nitrogen and oxygen atoms in total. The zero-order valence-electron chi connectivity index (χ0n) is 10.5. The normalized spacial score (nSPS) is 14.7. The van der Waals surface area contributed by atoms with Crippen LogP contribution in [0.15, 0.2) is 16.7 Å². The summed E-state index contributed by atoms with van der Waals surface area (Å²) in [4.78, 5) is 4.19. The van der Waals surface area contributed by atoms with Gasteiger partial charge in [0.2, 0.25) is 11.7 Å². The standard InChI is InChI=1S/C13H14ClN3O2/c1-18-10-5-8(13-16-11(6-15)19-17-13)4-9(14)12(10)7-2-3-7/h4-5,7H,2-3,6,15H2,1H3. The highest BCUT2D eigenvalue weighted by atomic mass is 35.5. The highest BCUT2D eigenvalue weighted by Gasteiger charge is 2.30. The minimum absolute atomic E-state index is 0.220. The van der Waals surface area contributed by atoms with Crippen molar-refractivity contribution in [2.75, 3.05) is 7.11 Å². The molecule has 0 radical (unpaired) electrons. The van der Waals surface area contributed by atoms with E-state index in [-0.39, 0.29) is 6.54 Å². The predicted octanol–water partition coefficient (Wildman–Crippen LogP) is 2.73. The highest BCUT2D eigenvalue weighted by molar-refractivity contribution is 6.32. The van der Waals surface area contributed by atoms with Crippen molar-refractivity contribution < 1.29 is 9.26 Å². The van der Waals surface area contributed by atoms with E-state index in [1.165, 1.54) is 0 Å². The molecule has 1 fully saturated rings. The number of hydrogen-bond donors (Lipinski definition) is 1. The lowest BCUT2D eigenvalue weighted by Crippen LogP contribution is -1.96. The minimum Gasteiger partial charge on any atom is -0.496 e. The van der Waals surface area contributed by atoms with E-state index in [2.05, 4.69) is 10.1 Å². The summed E-state index contributed by atoms with van der Waals surface area (Å²) < 4.78 is 10.4. The van der Waals surface area contributed by atoms with Crippen LogP contribution in [0.2, 0.25) is 5.02 Å². The third-order valence-electron chi connectivity index (χ3n) is 3.20. The zero-order chi connectivity index (χ0) is 13.4. The van der Waals surface area contributed by atoms with Gasteiger partial charge in [-0.2, -0.15) is 4.98 Å². The van der Waals surface area contributed by atoms with Gasteiger partial charge in [0, 0.05) is 16.1 Å². The first-order valence-electron chi connectivity index (χ1n) is 6.13. The van der Waals surface area contributed by atoms with Crippen LogP contribution in [0.25, 0.3) is 11.4 Å². The molecular formula is C13H14ClN3O2. The Morgan fingerprint density at radius 3 is 2.84 bits per heavy atom. The van der Waals surface area contributed by atoms with Crippen LogP contribution in [0.4, 0.5) is 0 Å². The van der Waals surface area contributed by atoms with Crippen LogP contribution in [-0.2, 0) is 6.54 Å². The maximum atomic E-state index is 6.35. The summed E-state index contributed by atoms with van der Waals surface area (Å²) in [5.41, 5.74) is 7.30. The first-order chi connectivity index (χ1) is 9.22. The number of rotatable bonds is 4. The van der Waals surface area contributed by atoms with Crippen molar-refractivity contribution in [1.82, 2.24) is 10.1 Å². The van der Waals surface area contributed by atoms with Crippen molar-refractivity contribution in [2.45, 2.75) is 25.3 Å². The lowest BCUT2D eigenvalue weighted by atomic mass is 10.1. The van der Waals surface area contributed by atoms with Crippen LogP contribution in [0.1, 0.15) is 30.2 Å². The molecule has 1 heterocycles. The largest absolute Gasteiger partial charge is 0.496 e. The van der Waals surface area contributed by atoms with Crippen LogP contribution in [0.5, 0.6) is 5.75 Å². The Morgan fingerprint density at radius 2 is 2.26 bits per heavy atom. The van der Waals surface area contributed by atoms with E-state index in [1.54, 1.807) is 7.11 Å². The first kappa shape index (κ1) is 12.4. The Balaban J connectivity index is 2.04. The molecule has 1 aromatic carbocycles. The average molecular weight is 280 g/mol. The van der Waals surface area contributed by atoms with Gasteiger partial charge in [0.05, 0.1) is 13.7 Å². The Labute approximate surface area is 115 Å². The van der Waals surface area contributed by atoms with Gasteiger partial charge in [-0.3, -0.25) is 0 Å². The van der Waals surface area contributed by atoms with Crippen LogP contribution in [0.3, 0.4) is 0 Å². The second kappa shape index (κ2) is 4.83. The quantitative estimate of drug-likeness (QED) is 0.931. The van der Waals surface area contributed by atoms with Crippen molar-refractivity contribution in [2.24, 2.45) is 5.73 Å². The minimum atomic E-state index is 0.220. The number of ether oxygens (including phenoxy) is 1.